The number of nitrogens with one attached hydrogen (secondary N) is 1. The lowest BCUT2D eigenvalue weighted by atomic mass is 10.0. The molecule has 1 amide bonds. The van der Waals surface area contributed by atoms with Gasteiger partial charge in [0.15, 0.2) is 0 Å². The van der Waals surface area contributed by atoms with Crippen molar-refractivity contribution >= 4 is 11.7 Å². The van der Waals surface area contributed by atoms with E-state index in [0.29, 0.717) is 18.2 Å². The van der Waals surface area contributed by atoms with Crippen LogP contribution in [0.2, 0.25) is 0 Å². The van der Waals surface area contributed by atoms with Gasteiger partial charge in [0.25, 0.3) is 5.91 Å². The van der Waals surface area contributed by atoms with Crippen molar-refractivity contribution in [2.24, 2.45) is 0 Å². The van der Waals surface area contributed by atoms with Gasteiger partial charge in [0, 0.05) is 31.1 Å². The molecule has 5 nitrogen and oxygen atoms in total. The van der Waals surface area contributed by atoms with Crippen molar-refractivity contribution in [2.75, 3.05) is 24.5 Å². The Hall–Kier alpha value is -2.43. The monoisotopic (exact) mass is 334 g/mol. The van der Waals surface area contributed by atoms with Crippen molar-refractivity contribution in [3.63, 3.8) is 0 Å². The van der Waals surface area contributed by atoms with Gasteiger partial charge in [-0.1, -0.05) is 24.3 Å². The first-order valence-electron chi connectivity index (χ1n) is 9.30. The zero-order valence-electron chi connectivity index (χ0n) is 14.3. The van der Waals surface area contributed by atoms with E-state index in [4.69, 9.17) is 4.98 Å². The predicted molar refractivity (Wildman–Crippen MR) is 96.1 cm³/mol. The smallest absolute Gasteiger partial charge is 0.270 e. The first kappa shape index (κ1) is 14.9. The molecule has 0 spiro atoms. The highest BCUT2D eigenvalue weighted by Crippen LogP contribution is 2.40. The molecule has 0 unspecified atom stereocenters. The summed E-state index contributed by atoms with van der Waals surface area (Å²) in [7, 11) is 0. The number of benzene rings is 1. The lowest BCUT2D eigenvalue weighted by molar-refractivity contribution is 0.0940. The molecule has 1 saturated carbocycles. The van der Waals surface area contributed by atoms with Crippen LogP contribution in [0.3, 0.4) is 0 Å². The molecule has 2 aromatic rings. The Morgan fingerprint density at radius 3 is 2.40 bits per heavy atom. The standard InChI is InChI=1S/C20H22N4O/c25-20-17-16(7-10-21-20)19(23-18(22-17)15-5-6-15)24-11-8-13-3-1-2-4-14(13)9-12-24/h1-4,15H,5-12H2,(H,21,25). The number of hydrogen-bond acceptors (Lipinski definition) is 4. The molecular weight excluding hydrogens is 312 g/mol. The quantitative estimate of drug-likeness (QED) is 0.915. The van der Waals surface area contributed by atoms with E-state index in [-0.39, 0.29) is 5.91 Å². The van der Waals surface area contributed by atoms with E-state index in [1.165, 1.54) is 11.1 Å². The zero-order valence-corrected chi connectivity index (χ0v) is 14.3. The Labute approximate surface area is 147 Å². The number of fused-ring (bicyclic) bond motifs is 2. The van der Waals surface area contributed by atoms with Crippen LogP contribution < -0.4 is 10.2 Å². The molecule has 5 heteroatoms. The second-order valence-electron chi connectivity index (χ2n) is 7.27. The Balaban J connectivity index is 1.54. The Morgan fingerprint density at radius 1 is 1.00 bits per heavy atom. The van der Waals surface area contributed by atoms with Crippen molar-refractivity contribution in [3.8, 4) is 0 Å². The molecule has 1 N–H and O–H groups in total. The van der Waals surface area contributed by atoms with Crippen LogP contribution in [0.25, 0.3) is 0 Å². The van der Waals surface area contributed by atoms with Gasteiger partial charge in [-0.2, -0.15) is 0 Å². The fraction of sp³-hybridized carbons (Fsp3) is 0.450. The molecule has 128 valence electrons. The molecule has 0 saturated heterocycles. The van der Waals surface area contributed by atoms with E-state index in [9.17, 15) is 4.79 Å². The van der Waals surface area contributed by atoms with Gasteiger partial charge in [0.05, 0.1) is 0 Å². The van der Waals surface area contributed by atoms with Gasteiger partial charge in [-0.05, 0) is 43.2 Å². The van der Waals surface area contributed by atoms with E-state index >= 15 is 0 Å². The van der Waals surface area contributed by atoms with Gasteiger partial charge in [-0.25, -0.2) is 9.97 Å². The van der Waals surface area contributed by atoms with Gasteiger partial charge in [0.2, 0.25) is 0 Å². The fourth-order valence-corrected chi connectivity index (χ4v) is 3.96. The van der Waals surface area contributed by atoms with Crippen LogP contribution >= 0.6 is 0 Å². The third kappa shape index (κ3) is 2.68. The molecule has 2 aliphatic heterocycles. The summed E-state index contributed by atoms with van der Waals surface area (Å²) < 4.78 is 0. The van der Waals surface area contributed by atoms with Crippen LogP contribution in [-0.2, 0) is 19.3 Å². The number of amides is 1. The minimum atomic E-state index is -0.0371. The Bertz CT molecular complexity index is 817. The summed E-state index contributed by atoms with van der Waals surface area (Å²) in [6.45, 7) is 2.58. The first-order valence-corrected chi connectivity index (χ1v) is 9.30. The van der Waals surface area contributed by atoms with E-state index in [1.807, 2.05) is 0 Å². The van der Waals surface area contributed by atoms with E-state index in [0.717, 1.165) is 62.4 Å². The molecule has 25 heavy (non-hydrogen) atoms. The van der Waals surface area contributed by atoms with Crippen LogP contribution in [0.5, 0.6) is 0 Å². The summed E-state index contributed by atoms with van der Waals surface area (Å²) in [5.74, 6) is 2.29. The highest BCUT2D eigenvalue weighted by atomic mass is 16.1. The average molecular weight is 334 g/mol. The number of anilines is 1. The molecule has 1 aliphatic carbocycles. The van der Waals surface area contributed by atoms with Crippen LogP contribution in [0, 0.1) is 0 Å². The summed E-state index contributed by atoms with van der Waals surface area (Å²) in [6.07, 6.45) is 5.17. The second-order valence-corrected chi connectivity index (χ2v) is 7.27. The summed E-state index contributed by atoms with van der Waals surface area (Å²) in [5.41, 5.74) is 4.53. The number of aromatic nitrogens is 2. The molecule has 0 atom stereocenters. The van der Waals surface area contributed by atoms with Crippen molar-refractivity contribution in [3.05, 3.63) is 52.5 Å². The van der Waals surface area contributed by atoms with Crippen LogP contribution in [0.4, 0.5) is 5.82 Å². The van der Waals surface area contributed by atoms with Crippen LogP contribution in [-0.4, -0.2) is 35.5 Å². The summed E-state index contributed by atoms with van der Waals surface area (Å²) in [6, 6.07) is 8.71. The van der Waals surface area contributed by atoms with Crippen LogP contribution in [0.15, 0.2) is 24.3 Å². The first-order chi connectivity index (χ1) is 12.3. The Morgan fingerprint density at radius 2 is 1.72 bits per heavy atom. The average Bonchev–Trinajstić information content (AvgIpc) is 3.48. The number of hydrogen-bond donors (Lipinski definition) is 1. The number of carbonyl (C=O) groups excluding carboxylic acids is 1. The highest BCUT2D eigenvalue weighted by molar-refractivity contribution is 5.96. The van der Waals surface area contributed by atoms with Gasteiger partial charge in [-0.15, -0.1) is 0 Å². The minimum Gasteiger partial charge on any atom is -0.356 e. The molecule has 1 aromatic heterocycles. The SMILES string of the molecule is O=C1NCCc2c1nc(C1CC1)nc2N1CCc2ccccc2CC1. The third-order valence-corrected chi connectivity index (χ3v) is 5.54. The molecule has 1 aromatic carbocycles. The molecule has 5 rings (SSSR count). The summed E-state index contributed by atoms with van der Waals surface area (Å²) in [4.78, 5) is 24.3. The van der Waals surface area contributed by atoms with E-state index in [1.54, 1.807) is 0 Å². The van der Waals surface area contributed by atoms with Crippen molar-refractivity contribution < 1.29 is 4.79 Å². The molecule has 0 radical (unpaired) electrons. The molecule has 0 bridgehead atoms. The molecule has 3 heterocycles. The lowest BCUT2D eigenvalue weighted by Crippen LogP contribution is -2.37. The predicted octanol–water partition coefficient (Wildman–Crippen LogP) is 2.25. The number of carbonyl (C=O) groups is 1. The van der Waals surface area contributed by atoms with Crippen molar-refractivity contribution in [1.29, 1.82) is 0 Å². The fourth-order valence-electron chi connectivity index (χ4n) is 3.96. The normalized spacial score (nSPS) is 19.7. The largest absolute Gasteiger partial charge is 0.356 e. The second kappa shape index (κ2) is 5.83. The van der Waals surface area contributed by atoms with Crippen molar-refractivity contribution in [1.82, 2.24) is 15.3 Å². The van der Waals surface area contributed by atoms with Gasteiger partial charge in [-0.3, -0.25) is 4.79 Å². The zero-order chi connectivity index (χ0) is 16.8. The topological polar surface area (TPSA) is 58.1 Å². The van der Waals surface area contributed by atoms with Gasteiger partial charge < -0.3 is 10.2 Å². The maximum absolute atomic E-state index is 12.3. The molecular formula is C20H22N4O. The number of rotatable bonds is 2. The van der Waals surface area contributed by atoms with Gasteiger partial charge >= 0.3 is 0 Å². The maximum Gasteiger partial charge on any atom is 0.270 e. The minimum absolute atomic E-state index is 0.0371. The maximum atomic E-state index is 12.3. The lowest BCUT2D eigenvalue weighted by Gasteiger charge is -2.27. The number of nitrogens with zero attached hydrogens (tertiary/aromatic N) is 3. The molecule has 3 aliphatic rings. The van der Waals surface area contributed by atoms with E-state index < -0.39 is 0 Å². The van der Waals surface area contributed by atoms with Crippen LogP contribution in [0.1, 0.15) is 51.8 Å². The molecule has 1 fully saturated rings. The van der Waals surface area contributed by atoms with E-state index in [2.05, 4.69) is 39.5 Å². The summed E-state index contributed by atoms with van der Waals surface area (Å²) >= 11 is 0. The van der Waals surface area contributed by atoms with Crippen molar-refractivity contribution in [2.45, 2.75) is 38.0 Å². The Kier molecular flexibility index (Phi) is 3.47. The highest BCUT2D eigenvalue weighted by Gasteiger charge is 2.32. The third-order valence-electron chi connectivity index (χ3n) is 5.54. The van der Waals surface area contributed by atoms with Gasteiger partial charge in [0.1, 0.15) is 17.3 Å². The summed E-state index contributed by atoms with van der Waals surface area (Å²) in [5, 5.41) is 2.93.